The molecular weight excluding hydrogens is 352 g/mol. The van der Waals surface area contributed by atoms with Crippen molar-refractivity contribution in [1.29, 1.82) is 0 Å². The van der Waals surface area contributed by atoms with Crippen molar-refractivity contribution in [1.82, 2.24) is 0 Å². The van der Waals surface area contributed by atoms with E-state index in [1.54, 1.807) is 6.08 Å². The van der Waals surface area contributed by atoms with Gasteiger partial charge in [0.05, 0.1) is 5.92 Å². The van der Waals surface area contributed by atoms with Crippen LogP contribution >= 0.6 is 0 Å². The molecule has 0 aromatic carbocycles. The first-order valence-corrected chi connectivity index (χ1v) is 9.17. The largest absolute Gasteiger partial charge is 0.459 e. The highest BCUT2D eigenvalue weighted by Gasteiger charge is 2.53. The van der Waals surface area contributed by atoms with Crippen molar-refractivity contribution in [3.05, 3.63) is 24.3 Å². The van der Waals surface area contributed by atoms with Gasteiger partial charge in [-0.15, -0.1) is 0 Å². The van der Waals surface area contributed by atoms with Crippen LogP contribution in [0.2, 0.25) is 0 Å². The number of aliphatic hydroxyl groups is 2. The minimum Gasteiger partial charge on any atom is -0.459 e. The van der Waals surface area contributed by atoms with Crippen LogP contribution in [0.5, 0.6) is 0 Å². The highest BCUT2D eigenvalue weighted by Crippen LogP contribution is 2.39. The molecule has 27 heavy (non-hydrogen) atoms. The number of rotatable bonds is 3. The normalized spacial score (nSPS) is 38.3. The topological polar surface area (TPSA) is 110 Å². The number of fused-ring (bicyclic) bond motifs is 1. The first-order chi connectivity index (χ1) is 12.4. The van der Waals surface area contributed by atoms with Gasteiger partial charge in [-0.2, -0.15) is 0 Å². The summed E-state index contributed by atoms with van der Waals surface area (Å²) in [6.07, 6.45) is -0.510. The van der Waals surface area contributed by atoms with E-state index in [9.17, 15) is 24.6 Å². The van der Waals surface area contributed by atoms with E-state index in [0.29, 0.717) is 6.42 Å². The SMILES string of the molecule is C=C1C(=O)O[C@@H]2C[C@@H](C)/C=C\C(=O)[C@](C)(O)[C@H](O)[C@@H](OC(=O)CC(C)C)[C@@H]12. The quantitative estimate of drug-likeness (QED) is 0.561. The standard InChI is InChI=1S/C20H28O7/c1-10(2)8-15(22)27-17-16-12(4)19(24)26-13(16)9-11(3)6-7-14(21)20(5,25)18(17)23/h6-7,10-11,13,16-18,23,25H,4,8-9H2,1-3,5H3/b7-6-/t11-,13+,16-,17-,18+,20-/m0/s1. The van der Waals surface area contributed by atoms with Crippen molar-refractivity contribution >= 4 is 17.7 Å². The Morgan fingerprint density at radius 1 is 1.44 bits per heavy atom. The second-order valence-electron chi connectivity index (χ2n) is 8.08. The van der Waals surface area contributed by atoms with Crippen molar-refractivity contribution in [2.75, 3.05) is 0 Å². The molecule has 1 fully saturated rings. The van der Waals surface area contributed by atoms with Gasteiger partial charge < -0.3 is 19.7 Å². The average molecular weight is 380 g/mol. The van der Waals surface area contributed by atoms with Crippen LogP contribution in [0.25, 0.3) is 0 Å². The van der Waals surface area contributed by atoms with E-state index in [1.807, 2.05) is 20.8 Å². The zero-order valence-corrected chi connectivity index (χ0v) is 16.2. The lowest BCUT2D eigenvalue weighted by Gasteiger charge is -2.37. The summed E-state index contributed by atoms with van der Waals surface area (Å²) in [7, 11) is 0. The second kappa shape index (κ2) is 7.94. The monoisotopic (exact) mass is 380 g/mol. The van der Waals surface area contributed by atoms with E-state index >= 15 is 0 Å². The lowest BCUT2D eigenvalue weighted by molar-refractivity contribution is -0.181. The van der Waals surface area contributed by atoms with Gasteiger partial charge in [-0.05, 0) is 31.3 Å². The van der Waals surface area contributed by atoms with Gasteiger partial charge in [-0.1, -0.05) is 33.4 Å². The Morgan fingerprint density at radius 2 is 2.07 bits per heavy atom. The zero-order valence-electron chi connectivity index (χ0n) is 16.2. The van der Waals surface area contributed by atoms with Gasteiger partial charge in [0, 0.05) is 12.0 Å². The maximum absolute atomic E-state index is 12.4. The summed E-state index contributed by atoms with van der Waals surface area (Å²) in [5.74, 6) is -2.91. The molecule has 1 aliphatic heterocycles. The third-order valence-corrected chi connectivity index (χ3v) is 5.09. The van der Waals surface area contributed by atoms with Gasteiger partial charge in [-0.3, -0.25) is 9.59 Å². The van der Waals surface area contributed by atoms with E-state index < -0.39 is 47.6 Å². The molecule has 0 bridgehead atoms. The van der Waals surface area contributed by atoms with Gasteiger partial charge >= 0.3 is 11.9 Å². The predicted octanol–water partition coefficient (Wildman–Crippen LogP) is 1.32. The summed E-state index contributed by atoms with van der Waals surface area (Å²) in [6.45, 7) is 10.4. The van der Waals surface area contributed by atoms with Crippen molar-refractivity contribution in [2.45, 2.75) is 64.4 Å². The van der Waals surface area contributed by atoms with Gasteiger partial charge in [0.2, 0.25) is 0 Å². The molecule has 0 aromatic heterocycles. The number of ether oxygens (including phenoxy) is 2. The van der Waals surface area contributed by atoms with Crippen LogP contribution in [-0.4, -0.2) is 51.8 Å². The van der Waals surface area contributed by atoms with E-state index in [0.717, 1.165) is 6.92 Å². The maximum atomic E-state index is 12.4. The summed E-state index contributed by atoms with van der Waals surface area (Å²) in [6, 6.07) is 0. The van der Waals surface area contributed by atoms with Gasteiger partial charge in [0.15, 0.2) is 11.4 Å². The molecule has 7 heteroatoms. The summed E-state index contributed by atoms with van der Waals surface area (Å²) in [5.41, 5.74) is -2.14. The molecular formula is C20H28O7. The minimum absolute atomic E-state index is 0.0136. The van der Waals surface area contributed by atoms with Crippen molar-refractivity contribution in [2.24, 2.45) is 17.8 Å². The Hall–Kier alpha value is -1.99. The molecule has 2 aliphatic rings. The number of esters is 2. The molecule has 1 aliphatic carbocycles. The smallest absolute Gasteiger partial charge is 0.334 e. The predicted molar refractivity (Wildman–Crippen MR) is 96.4 cm³/mol. The molecule has 2 rings (SSSR count). The molecule has 0 saturated carbocycles. The van der Waals surface area contributed by atoms with Gasteiger partial charge in [0.1, 0.15) is 18.3 Å². The summed E-state index contributed by atoms with van der Waals surface area (Å²) >= 11 is 0. The molecule has 0 radical (unpaired) electrons. The van der Waals surface area contributed by atoms with E-state index in [1.165, 1.54) is 6.08 Å². The Balaban J connectivity index is 2.48. The van der Waals surface area contributed by atoms with Crippen molar-refractivity contribution < 1.29 is 34.1 Å². The Morgan fingerprint density at radius 3 is 2.67 bits per heavy atom. The van der Waals surface area contributed by atoms with Crippen LogP contribution in [0.15, 0.2) is 24.3 Å². The third-order valence-electron chi connectivity index (χ3n) is 5.09. The third kappa shape index (κ3) is 4.47. The number of aliphatic hydroxyl groups excluding tert-OH is 1. The van der Waals surface area contributed by atoms with Gasteiger partial charge in [-0.25, -0.2) is 4.79 Å². The zero-order chi connectivity index (χ0) is 20.5. The van der Waals surface area contributed by atoms with E-state index in [-0.39, 0.29) is 23.8 Å². The second-order valence-corrected chi connectivity index (χ2v) is 8.08. The Bertz CT molecular complexity index is 661. The molecule has 2 N–H and O–H groups in total. The van der Waals surface area contributed by atoms with Crippen LogP contribution in [0.1, 0.15) is 40.5 Å². The number of allylic oxidation sites excluding steroid dienone is 1. The van der Waals surface area contributed by atoms with Crippen LogP contribution < -0.4 is 0 Å². The fraction of sp³-hybridized carbons (Fsp3) is 0.650. The molecule has 1 heterocycles. The lowest BCUT2D eigenvalue weighted by atomic mass is 9.77. The first-order valence-electron chi connectivity index (χ1n) is 9.17. The first kappa shape index (κ1) is 21.3. The van der Waals surface area contributed by atoms with Crippen LogP contribution in [0, 0.1) is 17.8 Å². The fourth-order valence-electron chi connectivity index (χ4n) is 3.45. The number of carbonyl (C=O) groups excluding carboxylic acids is 3. The van der Waals surface area contributed by atoms with Crippen LogP contribution in [-0.2, 0) is 23.9 Å². The maximum Gasteiger partial charge on any atom is 0.334 e. The van der Waals surface area contributed by atoms with E-state index in [2.05, 4.69) is 6.58 Å². The van der Waals surface area contributed by atoms with Crippen molar-refractivity contribution in [3.8, 4) is 0 Å². The lowest BCUT2D eigenvalue weighted by Crippen LogP contribution is -2.56. The summed E-state index contributed by atoms with van der Waals surface area (Å²) < 4.78 is 10.9. The fourth-order valence-corrected chi connectivity index (χ4v) is 3.45. The van der Waals surface area contributed by atoms with Crippen molar-refractivity contribution in [3.63, 3.8) is 0 Å². The summed E-state index contributed by atoms with van der Waals surface area (Å²) in [5, 5.41) is 21.5. The molecule has 150 valence electrons. The summed E-state index contributed by atoms with van der Waals surface area (Å²) in [4.78, 5) is 36.8. The molecule has 0 aromatic rings. The number of hydrogen-bond acceptors (Lipinski definition) is 7. The highest BCUT2D eigenvalue weighted by molar-refractivity contribution is 5.97. The van der Waals surface area contributed by atoms with Crippen LogP contribution in [0.3, 0.4) is 0 Å². The number of hydrogen-bond donors (Lipinski definition) is 2. The Labute approximate surface area is 159 Å². The van der Waals surface area contributed by atoms with Gasteiger partial charge in [0.25, 0.3) is 0 Å². The minimum atomic E-state index is -2.20. The Kier molecular flexibility index (Phi) is 6.27. The highest BCUT2D eigenvalue weighted by atomic mass is 16.6. The molecule has 0 amide bonds. The van der Waals surface area contributed by atoms with E-state index in [4.69, 9.17) is 9.47 Å². The molecule has 0 spiro atoms. The molecule has 6 atom stereocenters. The average Bonchev–Trinajstić information content (AvgIpc) is 2.82. The molecule has 0 unspecified atom stereocenters. The number of carbonyl (C=O) groups is 3. The van der Waals surface area contributed by atoms with Crippen LogP contribution in [0.4, 0.5) is 0 Å². The molecule has 1 saturated heterocycles. The molecule has 7 nitrogen and oxygen atoms in total. The number of ketones is 1.